The Morgan fingerprint density at radius 3 is 2.32 bits per heavy atom. The molecule has 1 unspecified atom stereocenters. The molecule has 2 aromatic carbocycles. The summed E-state index contributed by atoms with van der Waals surface area (Å²) >= 11 is 0. The number of carbonyl (C=O) groups excluding carboxylic acids is 2. The van der Waals surface area contributed by atoms with Crippen LogP contribution in [-0.2, 0) is 16.0 Å². The molecule has 0 aromatic heterocycles. The van der Waals surface area contributed by atoms with Gasteiger partial charge in [0.1, 0.15) is 0 Å². The first kappa shape index (κ1) is 21.2. The minimum absolute atomic E-state index is 0.0493. The highest BCUT2D eigenvalue weighted by Crippen LogP contribution is 2.15. The van der Waals surface area contributed by atoms with Crippen molar-refractivity contribution in [1.29, 1.82) is 0 Å². The van der Waals surface area contributed by atoms with Crippen LogP contribution in [0.3, 0.4) is 0 Å². The summed E-state index contributed by atoms with van der Waals surface area (Å²) in [4.78, 5) is 34.7. The number of amides is 2. The number of aliphatic carboxylic acids is 1. The van der Waals surface area contributed by atoms with Crippen LogP contribution in [0.2, 0.25) is 0 Å². The van der Waals surface area contributed by atoms with E-state index in [-0.39, 0.29) is 30.7 Å². The van der Waals surface area contributed by atoms with Crippen LogP contribution in [0.25, 0.3) is 0 Å². The highest BCUT2D eigenvalue weighted by molar-refractivity contribution is 5.96. The van der Waals surface area contributed by atoms with Gasteiger partial charge in [0.15, 0.2) is 0 Å². The fourth-order valence-corrected chi connectivity index (χ4v) is 2.74. The number of carbonyl (C=O) groups is 3. The monoisotopic (exact) mass is 382 g/mol. The van der Waals surface area contributed by atoms with Gasteiger partial charge in [-0.05, 0) is 49.1 Å². The number of hydrogen-bond acceptors (Lipinski definition) is 3. The van der Waals surface area contributed by atoms with Gasteiger partial charge in [0.25, 0.3) is 5.91 Å². The molecule has 2 amide bonds. The summed E-state index contributed by atoms with van der Waals surface area (Å²) in [5, 5.41) is 14.0. The first-order valence-corrected chi connectivity index (χ1v) is 9.40. The number of nitrogens with one attached hydrogen (secondary N) is 2. The van der Waals surface area contributed by atoms with E-state index in [2.05, 4.69) is 22.8 Å². The Kier molecular flexibility index (Phi) is 8.21. The second-order valence-corrected chi connectivity index (χ2v) is 6.75. The summed E-state index contributed by atoms with van der Waals surface area (Å²) in [6.07, 6.45) is 2.56. The van der Waals surface area contributed by atoms with E-state index in [0.29, 0.717) is 11.3 Å². The van der Waals surface area contributed by atoms with Gasteiger partial charge >= 0.3 is 5.97 Å². The van der Waals surface area contributed by atoms with E-state index in [0.717, 1.165) is 19.3 Å². The average Bonchev–Trinajstić information content (AvgIpc) is 2.69. The minimum atomic E-state index is -0.962. The molecule has 6 nitrogen and oxygen atoms in total. The highest BCUT2D eigenvalue weighted by Gasteiger charge is 2.13. The predicted molar refractivity (Wildman–Crippen MR) is 108 cm³/mol. The van der Waals surface area contributed by atoms with Crippen LogP contribution < -0.4 is 10.6 Å². The van der Waals surface area contributed by atoms with Crippen LogP contribution in [0.4, 0.5) is 5.69 Å². The zero-order valence-corrected chi connectivity index (χ0v) is 16.0. The summed E-state index contributed by atoms with van der Waals surface area (Å²) in [6, 6.07) is 16.7. The van der Waals surface area contributed by atoms with E-state index in [1.54, 1.807) is 24.3 Å². The van der Waals surface area contributed by atoms with Crippen LogP contribution in [0.5, 0.6) is 0 Å². The molecule has 0 spiro atoms. The quantitative estimate of drug-likeness (QED) is 0.586. The van der Waals surface area contributed by atoms with Crippen LogP contribution >= 0.6 is 0 Å². The Hall–Kier alpha value is -3.15. The van der Waals surface area contributed by atoms with Gasteiger partial charge in [0.05, 0.1) is 6.42 Å². The summed E-state index contributed by atoms with van der Waals surface area (Å²) in [7, 11) is 0. The molecule has 2 rings (SSSR count). The molecule has 0 aliphatic carbocycles. The standard InChI is InChI=1S/C22H26N2O4/c1-16(6-5-9-17-7-3-2-4-8-17)21(27)24-19-12-10-18(11-13-19)22(28)23-15-14-20(25)26/h2-4,7-8,10-13,16H,5-6,9,14-15H2,1H3,(H,23,28)(H,24,27)(H,25,26). The first-order valence-electron chi connectivity index (χ1n) is 9.40. The van der Waals surface area contributed by atoms with E-state index in [1.807, 2.05) is 25.1 Å². The lowest BCUT2D eigenvalue weighted by molar-refractivity contribution is -0.136. The second-order valence-electron chi connectivity index (χ2n) is 6.75. The molecule has 0 saturated carbocycles. The zero-order chi connectivity index (χ0) is 20.4. The Morgan fingerprint density at radius 2 is 1.68 bits per heavy atom. The minimum Gasteiger partial charge on any atom is -0.481 e. The number of carboxylic acid groups (broad SMARTS) is 1. The van der Waals surface area contributed by atoms with E-state index in [1.165, 1.54) is 5.56 Å². The topological polar surface area (TPSA) is 95.5 Å². The number of benzene rings is 2. The average molecular weight is 382 g/mol. The summed E-state index contributed by atoms with van der Waals surface area (Å²) in [6.45, 7) is 1.98. The fourth-order valence-electron chi connectivity index (χ4n) is 2.74. The van der Waals surface area contributed by atoms with Crippen molar-refractivity contribution < 1.29 is 19.5 Å². The lowest BCUT2D eigenvalue weighted by atomic mass is 10.0. The van der Waals surface area contributed by atoms with Crippen molar-refractivity contribution in [2.45, 2.75) is 32.6 Å². The fraction of sp³-hybridized carbons (Fsp3) is 0.318. The Morgan fingerprint density at radius 1 is 1.00 bits per heavy atom. The maximum absolute atomic E-state index is 12.3. The molecule has 6 heteroatoms. The highest BCUT2D eigenvalue weighted by atomic mass is 16.4. The van der Waals surface area contributed by atoms with Crippen LogP contribution in [0.15, 0.2) is 54.6 Å². The molecule has 0 bridgehead atoms. The molecule has 2 aromatic rings. The maximum Gasteiger partial charge on any atom is 0.305 e. The van der Waals surface area contributed by atoms with Gasteiger partial charge in [-0.15, -0.1) is 0 Å². The van der Waals surface area contributed by atoms with Gasteiger partial charge in [-0.1, -0.05) is 37.3 Å². The Balaban J connectivity index is 1.76. The van der Waals surface area contributed by atoms with Crippen molar-refractivity contribution in [1.82, 2.24) is 5.32 Å². The molecule has 0 fully saturated rings. The molecule has 28 heavy (non-hydrogen) atoms. The molecule has 0 radical (unpaired) electrons. The van der Waals surface area contributed by atoms with Crippen molar-refractivity contribution in [3.8, 4) is 0 Å². The van der Waals surface area contributed by atoms with Gasteiger partial charge in [0, 0.05) is 23.7 Å². The molecule has 148 valence electrons. The van der Waals surface area contributed by atoms with E-state index in [4.69, 9.17) is 5.11 Å². The molecule has 3 N–H and O–H groups in total. The van der Waals surface area contributed by atoms with Crippen molar-refractivity contribution in [2.24, 2.45) is 5.92 Å². The van der Waals surface area contributed by atoms with Gasteiger partial charge in [-0.2, -0.15) is 0 Å². The third-order valence-electron chi connectivity index (χ3n) is 4.43. The third-order valence-corrected chi connectivity index (χ3v) is 4.43. The van der Waals surface area contributed by atoms with Gasteiger partial charge in [-0.3, -0.25) is 14.4 Å². The van der Waals surface area contributed by atoms with Gasteiger partial charge < -0.3 is 15.7 Å². The predicted octanol–water partition coefficient (Wildman–Crippen LogP) is 3.49. The van der Waals surface area contributed by atoms with Gasteiger partial charge in [0.2, 0.25) is 5.91 Å². The van der Waals surface area contributed by atoms with Crippen LogP contribution in [0, 0.1) is 5.92 Å². The summed E-state index contributed by atoms with van der Waals surface area (Å²) < 4.78 is 0. The summed E-state index contributed by atoms with van der Waals surface area (Å²) in [5.41, 5.74) is 2.31. The van der Waals surface area contributed by atoms with Crippen molar-refractivity contribution in [3.63, 3.8) is 0 Å². The van der Waals surface area contributed by atoms with E-state index < -0.39 is 5.97 Å². The SMILES string of the molecule is CC(CCCc1ccccc1)C(=O)Nc1ccc(C(=O)NCCC(=O)O)cc1. The zero-order valence-electron chi connectivity index (χ0n) is 16.0. The molecule has 0 saturated heterocycles. The molecular weight excluding hydrogens is 356 g/mol. The third kappa shape index (κ3) is 7.23. The second kappa shape index (κ2) is 10.9. The molecule has 0 aliphatic heterocycles. The maximum atomic E-state index is 12.3. The summed E-state index contributed by atoms with van der Waals surface area (Å²) in [5.74, 6) is -1.46. The normalized spacial score (nSPS) is 11.5. The van der Waals surface area contributed by atoms with E-state index in [9.17, 15) is 14.4 Å². The van der Waals surface area contributed by atoms with Crippen molar-refractivity contribution in [2.75, 3.05) is 11.9 Å². The van der Waals surface area contributed by atoms with E-state index >= 15 is 0 Å². The van der Waals surface area contributed by atoms with Crippen LogP contribution in [0.1, 0.15) is 42.1 Å². The molecule has 1 atom stereocenters. The smallest absolute Gasteiger partial charge is 0.305 e. The van der Waals surface area contributed by atoms with Crippen molar-refractivity contribution in [3.05, 3.63) is 65.7 Å². The Bertz CT molecular complexity index is 788. The van der Waals surface area contributed by atoms with Crippen LogP contribution in [-0.4, -0.2) is 29.4 Å². The molecule has 0 aliphatic rings. The molecular formula is C22H26N2O4. The Labute approximate surface area is 165 Å². The first-order chi connectivity index (χ1) is 13.5. The number of anilines is 1. The van der Waals surface area contributed by atoms with Gasteiger partial charge in [-0.25, -0.2) is 0 Å². The number of rotatable bonds is 10. The molecule has 0 heterocycles. The lowest BCUT2D eigenvalue weighted by Crippen LogP contribution is -2.26. The van der Waals surface area contributed by atoms with Crippen molar-refractivity contribution >= 4 is 23.5 Å². The number of hydrogen-bond donors (Lipinski definition) is 3. The lowest BCUT2D eigenvalue weighted by Gasteiger charge is -2.12. The number of aryl methyl sites for hydroxylation is 1. The largest absolute Gasteiger partial charge is 0.481 e. The number of carboxylic acids is 1.